The van der Waals surface area contributed by atoms with E-state index in [1.165, 1.54) is 18.4 Å². The lowest BCUT2D eigenvalue weighted by molar-refractivity contribution is -0.142. The van der Waals surface area contributed by atoms with Crippen LogP contribution in [0.15, 0.2) is 30.3 Å². The molecule has 2 nitrogen and oxygen atoms in total. The van der Waals surface area contributed by atoms with Crippen molar-refractivity contribution in [3.8, 4) is 0 Å². The van der Waals surface area contributed by atoms with Crippen molar-refractivity contribution < 1.29 is 9.53 Å². The molecule has 2 rings (SSSR count). The maximum Gasteiger partial charge on any atom is 0.305 e. The normalized spacial score (nSPS) is 20.7. The highest BCUT2D eigenvalue weighted by Gasteiger charge is 2.16. The third kappa shape index (κ3) is 4.22. The number of ether oxygens (including phenoxy) is 1. The molecule has 1 fully saturated rings. The summed E-state index contributed by atoms with van der Waals surface area (Å²) in [5.74, 6) is 0.653. The van der Waals surface area contributed by atoms with Gasteiger partial charge in [-0.25, -0.2) is 0 Å². The maximum absolute atomic E-state index is 11.1. The van der Waals surface area contributed by atoms with Crippen LogP contribution in [0.3, 0.4) is 0 Å². The summed E-state index contributed by atoms with van der Waals surface area (Å²) in [6, 6.07) is 10.6. The number of carbonyl (C=O) groups excluding carboxylic acids is 1. The molecule has 1 unspecified atom stereocenters. The van der Waals surface area contributed by atoms with E-state index in [1.807, 2.05) is 0 Å². The molecule has 1 saturated heterocycles. The van der Waals surface area contributed by atoms with Gasteiger partial charge >= 0.3 is 5.97 Å². The van der Waals surface area contributed by atoms with Crippen LogP contribution in [0.1, 0.15) is 37.7 Å². The first-order chi connectivity index (χ1) is 8.34. The molecular weight excluding hydrogens is 212 g/mol. The molecule has 1 atom stereocenters. The molecule has 0 bridgehead atoms. The number of rotatable bonds is 4. The highest BCUT2D eigenvalue weighted by atomic mass is 16.5. The highest BCUT2D eigenvalue weighted by Crippen LogP contribution is 2.22. The molecule has 0 saturated carbocycles. The van der Waals surface area contributed by atoms with Gasteiger partial charge in [-0.15, -0.1) is 0 Å². The van der Waals surface area contributed by atoms with Crippen LogP contribution in [0.25, 0.3) is 0 Å². The van der Waals surface area contributed by atoms with Crippen LogP contribution < -0.4 is 0 Å². The van der Waals surface area contributed by atoms with Gasteiger partial charge in [0.05, 0.1) is 6.61 Å². The van der Waals surface area contributed by atoms with Crippen LogP contribution in [0.2, 0.25) is 0 Å². The van der Waals surface area contributed by atoms with Crippen molar-refractivity contribution in [2.75, 3.05) is 6.61 Å². The lowest BCUT2D eigenvalue weighted by Gasteiger charge is -2.11. The lowest BCUT2D eigenvalue weighted by atomic mass is 9.93. The van der Waals surface area contributed by atoms with E-state index in [9.17, 15) is 4.79 Å². The van der Waals surface area contributed by atoms with Crippen molar-refractivity contribution in [3.05, 3.63) is 35.9 Å². The van der Waals surface area contributed by atoms with Crippen LogP contribution >= 0.6 is 0 Å². The molecule has 0 spiro atoms. The fraction of sp³-hybridized carbons (Fsp3) is 0.533. The van der Waals surface area contributed by atoms with E-state index in [1.54, 1.807) is 0 Å². The third-order valence-electron chi connectivity index (χ3n) is 3.47. The molecular formula is C15H20O2. The standard InChI is InChI=1S/C15H20O2/c16-15-10-9-14(11-12-17-15)8-4-7-13-5-2-1-3-6-13/h1-3,5-6,14H,4,7-12H2. The van der Waals surface area contributed by atoms with Crippen molar-refractivity contribution in [2.24, 2.45) is 5.92 Å². The lowest BCUT2D eigenvalue weighted by Crippen LogP contribution is -2.01. The van der Waals surface area contributed by atoms with Gasteiger partial charge in [0.15, 0.2) is 0 Å². The first-order valence-electron chi connectivity index (χ1n) is 6.54. The Hall–Kier alpha value is -1.31. The van der Waals surface area contributed by atoms with Crippen molar-refractivity contribution >= 4 is 5.97 Å². The van der Waals surface area contributed by atoms with Gasteiger partial charge in [-0.1, -0.05) is 30.3 Å². The van der Waals surface area contributed by atoms with E-state index in [0.717, 1.165) is 19.3 Å². The quantitative estimate of drug-likeness (QED) is 0.744. The van der Waals surface area contributed by atoms with Crippen molar-refractivity contribution in [1.82, 2.24) is 0 Å². The fourth-order valence-electron chi connectivity index (χ4n) is 2.41. The zero-order chi connectivity index (χ0) is 11.9. The largest absolute Gasteiger partial charge is 0.466 e. The van der Waals surface area contributed by atoms with Crippen molar-refractivity contribution in [1.29, 1.82) is 0 Å². The van der Waals surface area contributed by atoms with Crippen LogP contribution in [0.5, 0.6) is 0 Å². The van der Waals surface area contributed by atoms with E-state index in [0.29, 0.717) is 18.9 Å². The minimum atomic E-state index is -0.0180. The van der Waals surface area contributed by atoms with Gasteiger partial charge < -0.3 is 4.74 Å². The molecule has 0 N–H and O–H groups in total. The number of hydrogen-bond donors (Lipinski definition) is 0. The van der Waals surface area contributed by atoms with Crippen LogP contribution in [-0.4, -0.2) is 12.6 Å². The van der Waals surface area contributed by atoms with E-state index in [-0.39, 0.29) is 5.97 Å². The fourth-order valence-corrected chi connectivity index (χ4v) is 2.41. The summed E-state index contributed by atoms with van der Waals surface area (Å²) in [6.45, 7) is 0.620. The number of carbonyl (C=O) groups is 1. The Balaban J connectivity index is 1.69. The van der Waals surface area contributed by atoms with Gasteiger partial charge in [0, 0.05) is 6.42 Å². The Labute approximate surface area is 103 Å². The molecule has 1 aliphatic rings. The Morgan fingerprint density at radius 1 is 1.18 bits per heavy atom. The molecule has 0 aliphatic carbocycles. The predicted octanol–water partition coefficient (Wildman–Crippen LogP) is 3.35. The molecule has 1 aliphatic heterocycles. The summed E-state index contributed by atoms with van der Waals surface area (Å²) in [5.41, 5.74) is 1.41. The zero-order valence-corrected chi connectivity index (χ0v) is 10.2. The van der Waals surface area contributed by atoms with Gasteiger partial charge in [0.2, 0.25) is 0 Å². The van der Waals surface area contributed by atoms with Crippen LogP contribution in [0.4, 0.5) is 0 Å². The SMILES string of the molecule is O=C1CCC(CCCc2ccccc2)CCO1. The van der Waals surface area contributed by atoms with E-state index in [4.69, 9.17) is 4.74 Å². The minimum absolute atomic E-state index is 0.0180. The van der Waals surface area contributed by atoms with Crippen molar-refractivity contribution in [2.45, 2.75) is 38.5 Å². The summed E-state index contributed by atoms with van der Waals surface area (Å²) in [7, 11) is 0. The first-order valence-corrected chi connectivity index (χ1v) is 6.54. The number of hydrogen-bond acceptors (Lipinski definition) is 2. The average Bonchev–Trinajstić information content (AvgIpc) is 2.56. The molecule has 0 aromatic heterocycles. The van der Waals surface area contributed by atoms with Crippen LogP contribution in [-0.2, 0) is 16.0 Å². The monoisotopic (exact) mass is 232 g/mol. The Morgan fingerprint density at radius 2 is 2.00 bits per heavy atom. The molecule has 0 radical (unpaired) electrons. The molecule has 0 amide bonds. The number of aryl methyl sites for hydroxylation is 1. The minimum Gasteiger partial charge on any atom is -0.466 e. The molecule has 2 heteroatoms. The summed E-state index contributed by atoms with van der Waals surface area (Å²) in [4.78, 5) is 11.1. The summed E-state index contributed by atoms with van der Waals surface area (Å²) in [6.07, 6.45) is 6.23. The molecule has 92 valence electrons. The number of cyclic esters (lactones) is 1. The third-order valence-corrected chi connectivity index (χ3v) is 3.47. The Bertz CT molecular complexity index is 345. The second-order valence-corrected chi connectivity index (χ2v) is 4.79. The summed E-state index contributed by atoms with van der Waals surface area (Å²) >= 11 is 0. The number of esters is 1. The smallest absolute Gasteiger partial charge is 0.305 e. The zero-order valence-electron chi connectivity index (χ0n) is 10.2. The Morgan fingerprint density at radius 3 is 2.82 bits per heavy atom. The van der Waals surface area contributed by atoms with Crippen LogP contribution in [0, 0.1) is 5.92 Å². The van der Waals surface area contributed by atoms with Gasteiger partial charge in [-0.05, 0) is 43.6 Å². The van der Waals surface area contributed by atoms with Gasteiger partial charge in [-0.3, -0.25) is 4.79 Å². The van der Waals surface area contributed by atoms with E-state index < -0.39 is 0 Å². The van der Waals surface area contributed by atoms with Crippen molar-refractivity contribution in [3.63, 3.8) is 0 Å². The second kappa shape index (κ2) is 6.43. The highest BCUT2D eigenvalue weighted by molar-refractivity contribution is 5.69. The molecule has 1 aromatic rings. The van der Waals surface area contributed by atoms with E-state index in [2.05, 4.69) is 30.3 Å². The molecule has 1 heterocycles. The van der Waals surface area contributed by atoms with E-state index >= 15 is 0 Å². The molecule has 17 heavy (non-hydrogen) atoms. The van der Waals surface area contributed by atoms with Gasteiger partial charge in [0.25, 0.3) is 0 Å². The topological polar surface area (TPSA) is 26.3 Å². The summed E-state index contributed by atoms with van der Waals surface area (Å²) < 4.78 is 5.06. The van der Waals surface area contributed by atoms with Gasteiger partial charge in [-0.2, -0.15) is 0 Å². The molecule has 1 aromatic carbocycles. The number of benzene rings is 1. The van der Waals surface area contributed by atoms with Gasteiger partial charge in [0.1, 0.15) is 0 Å². The summed E-state index contributed by atoms with van der Waals surface area (Å²) in [5, 5.41) is 0. The maximum atomic E-state index is 11.1. The Kier molecular flexibility index (Phi) is 4.60. The average molecular weight is 232 g/mol. The predicted molar refractivity (Wildman–Crippen MR) is 67.7 cm³/mol. The second-order valence-electron chi connectivity index (χ2n) is 4.79. The first kappa shape index (κ1) is 12.2.